The Morgan fingerprint density at radius 3 is 2.67 bits per heavy atom. The molecule has 9 heavy (non-hydrogen) atoms. The zero-order valence-electron chi connectivity index (χ0n) is 5.64. The van der Waals surface area contributed by atoms with Gasteiger partial charge >= 0.3 is 5.97 Å². The summed E-state index contributed by atoms with van der Waals surface area (Å²) in [5.41, 5.74) is 0. The largest absolute Gasteiger partial charge is 0.481 e. The summed E-state index contributed by atoms with van der Waals surface area (Å²) in [6, 6.07) is 0. The number of carboxylic acid groups (broad SMARTS) is 1. The van der Waals surface area contributed by atoms with E-state index >= 15 is 0 Å². The van der Waals surface area contributed by atoms with Crippen molar-refractivity contribution in [2.75, 3.05) is 0 Å². The Morgan fingerprint density at radius 2 is 2.33 bits per heavy atom. The van der Waals surface area contributed by atoms with Crippen molar-refractivity contribution in [1.82, 2.24) is 0 Å². The van der Waals surface area contributed by atoms with Gasteiger partial charge < -0.3 is 5.11 Å². The lowest BCUT2D eigenvalue weighted by Gasteiger charge is -1.96. The monoisotopic (exact) mass is 126 g/mol. The summed E-state index contributed by atoms with van der Waals surface area (Å²) in [6.45, 7) is 3.35. The van der Waals surface area contributed by atoms with Crippen LogP contribution in [0.25, 0.3) is 0 Å². The second-order valence-electron chi connectivity index (χ2n) is 1.87. The third-order valence-corrected chi connectivity index (χ3v) is 1.01. The van der Waals surface area contributed by atoms with Gasteiger partial charge in [0.2, 0.25) is 0 Å². The number of aliphatic carboxylic acids is 1. The smallest absolute Gasteiger partial charge is 0.307 e. The van der Waals surface area contributed by atoms with E-state index in [-0.39, 0.29) is 5.92 Å². The summed E-state index contributed by atoms with van der Waals surface area (Å²) in [6.07, 6.45) is 0.450. The Kier molecular flexibility index (Phi) is 3.54. The van der Waals surface area contributed by atoms with Crippen molar-refractivity contribution in [2.45, 2.75) is 20.3 Å². The molecule has 0 saturated heterocycles. The van der Waals surface area contributed by atoms with Crippen molar-refractivity contribution in [3.8, 4) is 11.8 Å². The van der Waals surface area contributed by atoms with Crippen molar-refractivity contribution in [1.29, 1.82) is 0 Å². The highest BCUT2D eigenvalue weighted by Crippen LogP contribution is 1.98. The first-order valence-corrected chi connectivity index (χ1v) is 2.81. The molecule has 2 nitrogen and oxygen atoms in total. The van der Waals surface area contributed by atoms with Crippen LogP contribution in [0, 0.1) is 17.8 Å². The van der Waals surface area contributed by atoms with Crippen LogP contribution in [0.5, 0.6) is 0 Å². The highest BCUT2D eigenvalue weighted by molar-refractivity contribution is 5.69. The van der Waals surface area contributed by atoms with Gasteiger partial charge in [-0.2, -0.15) is 0 Å². The van der Waals surface area contributed by atoms with E-state index in [1.807, 2.05) is 0 Å². The summed E-state index contributed by atoms with van der Waals surface area (Å²) in [5, 5.41) is 8.34. The van der Waals surface area contributed by atoms with Gasteiger partial charge in [-0.1, -0.05) is 6.92 Å². The molecule has 0 aliphatic heterocycles. The Morgan fingerprint density at radius 1 is 1.78 bits per heavy atom. The molecule has 0 fully saturated rings. The van der Waals surface area contributed by atoms with E-state index in [9.17, 15) is 4.79 Å². The molecule has 1 atom stereocenters. The van der Waals surface area contributed by atoms with Crippen LogP contribution in [-0.4, -0.2) is 11.1 Å². The van der Waals surface area contributed by atoms with Gasteiger partial charge in [0, 0.05) is 6.42 Å². The van der Waals surface area contributed by atoms with Crippen LogP contribution in [0.4, 0.5) is 0 Å². The summed E-state index contributed by atoms with van der Waals surface area (Å²) < 4.78 is 0. The van der Waals surface area contributed by atoms with Crippen LogP contribution in [0.15, 0.2) is 0 Å². The van der Waals surface area contributed by atoms with Gasteiger partial charge in [-0.3, -0.25) is 4.79 Å². The van der Waals surface area contributed by atoms with Gasteiger partial charge in [0.1, 0.15) is 0 Å². The number of rotatable bonds is 2. The van der Waals surface area contributed by atoms with E-state index in [1.54, 1.807) is 13.8 Å². The van der Waals surface area contributed by atoms with Gasteiger partial charge in [-0.05, 0) is 6.92 Å². The van der Waals surface area contributed by atoms with Crippen molar-refractivity contribution in [3.05, 3.63) is 0 Å². The number of hydrogen-bond donors (Lipinski definition) is 1. The van der Waals surface area contributed by atoms with Crippen molar-refractivity contribution < 1.29 is 9.90 Å². The molecule has 0 aromatic rings. The minimum absolute atomic E-state index is 0.336. The first-order valence-electron chi connectivity index (χ1n) is 2.81. The maximum absolute atomic E-state index is 10.1. The average molecular weight is 126 g/mol. The lowest BCUT2D eigenvalue weighted by molar-refractivity contribution is -0.140. The molecule has 0 aromatic carbocycles. The molecule has 50 valence electrons. The summed E-state index contributed by atoms with van der Waals surface area (Å²) in [7, 11) is 0. The molecule has 0 heterocycles. The molecule has 0 aliphatic rings. The van der Waals surface area contributed by atoms with E-state index in [2.05, 4.69) is 11.8 Å². The van der Waals surface area contributed by atoms with Crippen molar-refractivity contribution in [2.24, 2.45) is 5.92 Å². The predicted molar refractivity (Wildman–Crippen MR) is 34.9 cm³/mol. The molecular formula is C7H10O2. The lowest BCUT2D eigenvalue weighted by atomic mass is 10.1. The maximum atomic E-state index is 10.1. The summed E-state index contributed by atoms with van der Waals surface area (Å²) in [4.78, 5) is 10.1. The molecule has 0 aromatic heterocycles. The van der Waals surface area contributed by atoms with Crippen LogP contribution in [0.3, 0.4) is 0 Å². The number of hydrogen-bond acceptors (Lipinski definition) is 1. The van der Waals surface area contributed by atoms with Gasteiger partial charge in [0.05, 0.1) is 5.92 Å². The first kappa shape index (κ1) is 8.03. The third kappa shape index (κ3) is 3.60. The highest BCUT2D eigenvalue weighted by Gasteiger charge is 2.07. The first-order chi connectivity index (χ1) is 4.18. The molecule has 0 aliphatic carbocycles. The Labute approximate surface area is 54.9 Å². The van der Waals surface area contributed by atoms with Crippen molar-refractivity contribution in [3.63, 3.8) is 0 Å². The fraction of sp³-hybridized carbons (Fsp3) is 0.571. The molecule has 0 amide bonds. The number of carbonyl (C=O) groups is 1. The molecule has 2 heteroatoms. The van der Waals surface area contributed by atoms with Gasteiger partial charge in [-0.15, -0.1) is 11.8 Å². The molecule has 0 saturated carbocycles. The fourth-order valence-corrected chi connectivity index (χ4v) is 0.342. The molecule has 0 bridgehead atoms. The average Bonchev–Trinajstić information content (AvgIpc) is 1.82. The van der Waals surface area contributed by atoms with Crippen molar-refractivity contribution >= 4 is 5.97 Å². The molecule has 0 spiro atoms. The van der Waals surface area contributed by atoms with E-state index in [0.717, 1.165) is 0 Å². The minimum Gasteiger partial charge on any atom is -0.481 e. The third-order valence-electron chi connectivity index (χ3n) is 1.01. The molecule has 1 N–H and O–H groups in total. The Balaban J connectivity index is 3.59. The number of carboxylic acids is 1. The van der Waals surface area contributed by atoms with E-state index in [1.165, 1.54) is 0 Å². The minimum atomic E-state index is -0.780. The van der Waals surface area contributed by atoms with Gasteiger partial charge in [0.25, 0.3) is 0 Å². The molecule has 1 unspecified atom stereocenters. The van der Waals surface area contributed by atoms with Crippen LogP contribution in [0.2, 0.25) is 0 Å². The topological polar surface area (TPSA) is 37.3 Å². The molecule has 0 radical (unpaired) electrons. The second kappa shape index (κ2) is 3.96. The Hall–Kier alpha value is -0.970. The zero-order chi connectivity index (χ0) is 7.28. The van der Waals surface area contributed by atoms with Crippen LogP contribution < -0.4 is 0 Å². The highest BCUT2D eigenvalue weighted by atomic mass is 16.4. The second-order valence-corrected chi connectivity index (χ2v) is 1.87. The van der Waals surface area contributed by atoms with E-state index < -0.39 is 5.97 Å². The summed E-state index contributed by atoms with van der Waals surface area (Å²) >= 11 is 0. The standard InChI is InChI=1S/C7H10O2/c1-3-4-5-6(2)7(8)9/h6H,5H2,1-2H3,(H,8,9). The fourth-order valence-electron chi connectivity index (χ4n) is 0.342. The van der Waals surface area contributed by atoms with Gasteiger partial charge in [-0.25, -0.2) is 0 Å². The van der Waals surface area contributed by atoms with Crippen LogP contribution >= 0.6 is 0 Å². The van der Waals surface area contributed by atoms with Gasteiger partial charge in [0.15, 0.2) is 0 Å². The quantitative estimate of drug-likeness (QED) is 0.563. The van der Waals surface area contributed by atoms with E-state index in [0.29, 0.717) is 6.42 Å². The Bertz CT molecular complexity index is 150. The SMILES string of the molecule is CC#CCC(C)C(=O)O. The normalized spacial score (nSPS) is 11.3. The van der Waals surface area contributed by atoms with E-state index in [4.69, 9.17) is 5.11 Å². The van der Waals surface area contributed by atoms with Crippen LogP contribution in [-0.2, 0) is 4.79 Å². The zero-order valence-corrected chi connectivity index (χ0v) is 5.64. The molecule has 0 rings (SSSR count). The molecular weight excluding hydrogens is 116 g/mol. The maximum Gasteiger partial charge on any atom is 0.307 e. The summed E-state index contributed by atoms with van der Waals surface area (Å²) in [5.74, 6) is 4.22. The van der Waals surface area contributed by atoms with Crippen LogP contribution in [0.1, 0.15) is 20.3 Å². The lowest BCUT2D eigenvalue weighted by Crippen LogP contribution is -2.07. The predicted octanol–water partition coefficient (Wildman–Crippen LogP) is 1.12.